The number of carbonyl (C=O) groups is 1. The van der Waals surface area contributed by atoms with Gasteiger partial charge in [-0.25, -0.2) is 0 Å². The highest BCUT2D eigenvalue weighted by molar-refractivity contribution is 5.65. The van der Waals surface area contributed by atoms with E-state index in [4.69, 9.17) is 9.15 Å². The first-order chi connectivity index (χ1) is 6.72. The van der Waals surface area contributed by atoms with Gasteiger partial charge in [-0.2, -0.15) is 0 Å². The maximum atomic E-state index is 10.6. The van der Waals surface area contributed by atoms with Gasteiger partial charge >= 0.3 is 5.97 Å². The standard InChI is InChI=1S/C11H16O3/c1-3-10(8-14-9(2)12)7-11-5-4-6-13-11/h4-6,10H,3,7-8H2,1-2H3. The Bertz CT molecular complexity index is 264. The fourth-order valence-corrected chi connectivity index (χ4v) is 1.27. The van der Waals surface area contributed by atoms with Gasteiger partial charge in [0.15, 0.2) is 0 Å². The monoisotopic (exact) mass is 196 g/mol. The van der Waals surface area contributed by atoms with Crippen LogP contribution in [0.2, 0.25) is 0 Å². The van der Waals surface area contributed by atoms with Gasteiger partial charge in [-0.15, -0.1) is 0 Å². The Hall–Kier alpha value is -1.25. The van der Waals surface area contributed by atoms with Crippen LogP contribution in [0.25, 0.3) is 0 Å². The average molecular weight is 196 g/mol. The summed E-state index contributed by atoms with van der Waals surface area (Å²) in [7, 11) is 0. The minimum atomic E-state index is -0.220. The van der Waals surface area contributed by atoms with Crippen molar-refractivity contribution in [3.8, 4) is 0 Å². The summed E-state index contributed by atoms with van der Waals surface area (Å²) in [6.45, 7) is 3.99. The number of hydrogen-bond acceptors (Lipinski definition) is 3. The van der Waals surface area contributed by atoms with Gasteiger partial charge in [-0.3, -0.25) is 4.79 Å². The van der Waals surface area contributed by atoms with Crippen molar-refractivity contribution in [2.24, 2.45) is 5.92 Å². The van der Waals surface area contributed by atoms with Crippen LogP contribution in [0.4, 0.5) is 0 Å². The van der Waals surface area contributed by atoms with Crippen LogP contribution in [0.5, 0.6) is 0 Å². The highest BCUT2D eigenvalue weighted by atomic mass is 16.5. The molecule has 0 saturated heterocycles. The summed E-state index contributed by atoms with van der Waals surface area (Å²) in [4.78, 5) is 10.6. The summed E-state index contributed by atoms with van der Waals surface area (Å²) in [5.41, 5.74) is 0. The highest BCUT2D eigenvalue weighted by Gasteiger charge is 2.10. The van der Waals surface area contributed by atoms with Crippen molar-refractivity contribution in [3.05, 3.63) is 24.2 Å². The van der Waals surface area contributed by atoms with Gasteiger partial charge in [0.2, 0.25) is 0 Å². The van der Waals surface area contributed by atoms with Gasteiger partial charge < -0.3 is 9.15 Å². The second-order valence-corrected chi connectivity index (χ2v) is 3.36. The second-order valence-electron chi connectivity index (χ2n) is 3.36. The van der Waals surface area contributed by atoms with Crippen molar-refractivity contribution in [1.82, 2.24) is 0 Å². The molecule has 3 heteroatoms. The largest absolute Gasteiger partial charge is 0.469 e. The SMILES string of the molecule is CCC(COC(C)=O)Cc1ccco1. The lowest BCUT2D eigenvalue weighted by atomic mass is 10.0. The molecule has 0 aliphatic rings. The van der Waals surface area contributed by atoms with Crippen molar-refractivity contribution in [3.63, 3.8) is 0 Å². The first-order valence-electron chi connectivity index (χ1n) is 4.88. The molecule has 1 aromatic heterocycles. The lowest BCUT2D eigenvalue weighted by molar-refractivity contribution is -0.142. The summed E-state index contributed by atoms with van der Waals surface area (Å²) in [5, 5.41) is 0. The fraction of sp³-hybridized carbons (Fsp3) is 0.545. The topological polar surface area (TPSA) is 39.4 Å². The van der Waals surface area contributed by atoms with Crippen molar-refractivity contribution in [1.29, 1.82) is 0 Å². The molecule has 0 bridgehead atoms. The molecule has 3 nitrogen and oxygen atoms in total. The van der Waals surface area contributed by atoms with Crippen LogP contribution in [0, 0.1) is 5.92 Å². The molecule has 78 valence electrons. The molecule has 1 rings (SSSR count). The Morgan fingerprint density at radius 3 is 2.93 bits per heavy atom. The van der Waals surface area contributed by atoms with E-state index in [0.717, 1.165) is 18.6 Å². The van der Waals surface area contributed by atoms with Crippen molar-refractivity contribution in [2.45, 2.75) is 26.7 Å². The van der Waals surface area contributed by atoms with E-state index in [1.807, 2.05) is 12.1 Å². The molecule has 0 saturated carbocycles. The van der Waals surface area contributed by atoms with E-state index < -0.39 is 0 Å². The molecule has 0 amide bonds. The Balaban J connectivity index is 2.35. The summed E-state index contributed by atoms with van der Waals surface area (Å²) in [6.07, 6.45) is 3.47. The van der Waals surface area contributed by atoms with Gasteiger partial charge in [0.05, 0.1) is 12.9 Å². The summed E-state index contributed by atoms with van der Waals surface area (Å²) in [6, 6.07) is 3.81. The molecule has 1 atom stereocenters. The van der Waals surface area contributed by atoms with E-state index >= 15 is 0 Å². The molecule has 0 spiro atoms. The van der Waals surface area contributed by atoms with Crippen LogP contribution in [0.15, 0.2) is 22.8 Å². The van der Waals surface area contributed by atoms with Gasteiger partial charge in [0, 0.05) is 13.3 Å². The number of esters is 1. The third-order valence-electron chi connectivity index (χ3n) is 2.17. The molecule has 1 heterocycles. The number of carbonyl (C=O) groups excluding carboxylic acids is 1. The van der Waals surface area contributed by atoms with Crippen LogP contribution >= 0.6 is 0 Å². The molecule has 1 aromatic rings. The third kappa shape index (κ3) is 3.64. The zero-order chi connectivity index (χ0) is 10.4. The van der Waals surface area contributed by atoms with Gasteiger partial charge in [0.25, 0.3) is 0 Å². The Labute approximate surface area is 84.1 Å². The zero-order valence-electron chi connectivity index (χ0n) is 8.66. The van der Waals surface area contributed by atoms with Crippen molar-refractivity contribution >= 4 is 5.97 Å². The predicted molar refractivity (Wildman–Crippen MR) is 52.8 cm³/mol. The lowest BCUT2D eigenvalue weighted by Gasteiger charge is -2.12. The molecular weight excluding hydrogens is 180 g/mol. The molecule has 0 radical (unpaired) electrons. The van der Waals surface area contributed by atoms with Crippen molar-refractivity contribution < 1.29 is 13.9 Å². The average Bonchev–Trinajstić information content (AvgIpc) is 2.64. The number of hydrogen-bond donors (Lipinski definition) is 0. The third-order valence-corrected chi connectivity index (χ3v) is 2.17. The van der Waals surface area contributed by atoms with E-state index in [-0.39, 0.29) is 5.97 Å². The quantitative estimate of drug-likeness (QED) is 0.679. The molecular formula is C11H16O3. The first kappa shape index (κ1) is 10.8. The van der Waals surface area contributed by atoms with E-state index in [1.165, 1.54) is 6.92 Å². The maximum absolute atomic E-state index is 10.6. The number of rotatable bonds is 5. The normalized spacial score (nSPS) is 12.4. The Kier molecular flexibility index (Phi) is 4.23. The van der Waals surface area contributed by atoms with Crippen LogP contribution in [-0.4, -0.2) is 12.6 Å². The molecule has 0 aliphatic heterocycles. The number of ether oxygens (including phenoxy) is 1. The summed E-state index contributed by atoms with van der Waals surface area (Å²) >= 11 is 0. The van der Waals surface area contributed by atoms with Crippen LogP contribution in [-0.2, 0) is 16.0 Å². The molecule has 1 unspecified atom stereocenters. The molecule has 0 fully saturated rings. The second kappa shape index (κ2) is 5.47. The van der Waals surface area contributed by atoms with Gasteiger partial charge in [0.1, 0.15) is 5.76 Å². The smallest absolute Gasteiger partial charge is 0.302 e. The summed E-state index contributed by atoms with van der Waals surface area (Å²) < 4.78 is 10.2. The van der Waals surface area contributed by atoms with Crippen molar-refractivity contribution in [2.75, 3.05) is 6.61 Å². The minimum Gasteiger partial charge on any atom is -0.469 e. The van der Waals surface area contributed by atoms with E-state index in [1.54, 1.807) is 6.26 Å². The van der Waals surface area contributed by atoms with Crippen LogP contribution < -0.4 is 0 Å². The van der Waals surface area contributed by atoms with E-state index in [9.17, 15) is 4.79 Å². The fourth-order valence-electron chi connectivity index (χ4n) is 1.27. The zero-order valence-corrected chi connectivity index (χ0v) is 8.66. The molecule has 14 heavy (non-hydrogen) atoms. The molecule has 0 aromatic carbocycles. The number of furan rings is 1. The minimum absolute atomic E-state index is 0.220. The Morgan fingerprint density at radius 2 is 2.43 bits per heavy atom. The van der Waals surface area contributed by atoms with E-state index in [0.29, 0.717) is 12.5 Å². The maximum Gasteiger partial charge on any atom is 0.302 e. The first-order valence-corrected chi connectivity index (χ1v) is 4.88. The lowest BCUT2D eigenvalue weighted by Crippen LogP contribution is -2.13. The summed E-state index contributed by atoms with van der Waals surface area (Å²) in [5.74, 6) is 1.08. The highest BCUT2D eigenvalue weighted by Crippen LogP contribution is 2.13. The molecule has 0 aliphatic carbocycles. The Morgan fingerprint density at radius 1 is 1.64 bits per heavy atom. The predicted octanol–water partition coefficient (Wildman–Crippen LogP) is 2.41. The van der Waals surface area contributed by atoms with Gasteiger partial charge in [-0.05, 0) is 24.5 Å². The van der Waals surface area contributed by atoms with E-state index in [2.05, 4.69) is 6.92 Å². The van der Waals surface area contributed by atoms with Gasteiger partial charge in [-0.1, -0.05) is 6.92 Å². The van der Waals surface area contributed by atoms with Crippen LogP contribution in [0.3, 0.4) is 0 Å². The molecule has 0 N–H and O–H groups in total. The van der Waals surface area contributed by atoms with Crippen LogP contribution in [0.1, 0.15) is 26.0 Å².